The van der Waals surface area contributed by atoms with E-state index in [1.165, 1.54) is 6.26 Å². The molecule has 0 spiro atoms. The summed E-state index contributed by atoms with van der Waals surface area (Å²) < 4.78 is 22.4. The summed E-state index contributed by atoms with van der Waals surface area (Å²) in [5.74, 6) is 0. The first-order chi connectivity index (χ1) is 6.07. The quantitative estimate of drug-likeness (QED) is 0.702. The molecule has 0 unspecified atom stereocenters. The van der Waals surface area contributed by atoms with Crippen molar-refractivity contribution in [1.82, 2.24) is 0 Å². The lowest BCUT2D eigenvalue weighted by molar-refractivity contribution is 0.596. The van der Waals surface area contributed by atoms with Crippen LogP contribution in [0.5, 0.6) is 0 Å². The van der Waals surface area contributed by atoms with Crippen molar-refractivity contribution in [3.05, 3.63) is 24.3 Å². The monoisotopic (exact) mass is 198 g/mol. The summed E-state index contributed by atoms with van der Waals surface area (Å²) in [6.45, 7) is 0. The maximum atomic E-state index is 11.2. The molecule has 2 N–H and O–H groups in total. The van der Waals surface area contributed by atoms with Gasteiger partial charge >= 0.3 is 0 Å². The Hall–Kier alpha value is -1.23. The highest BCUT2D eigenvalue weighted by atomic mass is 32.2. The molecule has 1 aromatic carbocycles. The van der Waals surface area contributed by atoms with Crippen molar-refractivity contribution in [2.45, 2.75) is 5.50 Å². The third-order valence-corrected chi connectivity index (χ3v) is 3.02. The van der Waals surface area contributed by atoms with E-state index >= 15 is 0 Å². The van der Waals surface area contributed by atoms with Crippen molar-refractivity contribution in [2.24, 2.45) is 0 Å². The van der Waals surface area contributed by atoms with Gasteiger partial charge in [0.1, 0.15) is 0 Å². The van der Waals surface area contributed by atoms with Crippen LogP contribution in [0.25, 0.3) is 0 Å². The van der Waals surface area contributed by atoms with Gasteiger partial charge in [-0.1, -0.05) is 12.1 Å². The standard InChI is InChI=1S/C8H10N2O2S/c1-13(11,12)8-9-6-4-2-3-5-7(6)10-8/h2-5,8-10H,1H3. The lowest BCUT2D eigenvalue weighted by atomic mass is 10.3. The van der Waals surface area contributed by atoms with Crippen molar-refractivity contribution in [3.63, 3.8) is 0 Å². The number of anilines is 2. The minimum Gasteiger partial charge on any atom is -0.351 e. The van der Waals surface area contributed by atoms with Crippen molar-refractivity contribution < 1.29 is 8.42 Å². The zero-order valence-corrected chi connectivity index (χ0v) is 7.93. The number of para-hydroxylation sites is 2. The van der Waals surface area contributed by atoms with E-state index in [-0.39, 0.29) is 0 Å². The Kier molecular flexibility index (Phi) is 1.69. The zero-order valence-electron chi connectivity index (χ0n) is 7.11. The fourth-order valence-electron chi connectivity index (χ4n) is 1.27. The summed E-state index contributed by atoms with van der Waals surface area (Å²) in [4.78, 5) is 0. The number of benzene rings is 1. The van der Waals surface area contributed by atoms with Gasteiger partial charge in [0.15, 0.2) is 9.84 Å². The fraction of sp³-hybridized carbons (Fsp3) is 0.250. The second kappa shape index (κ2) is 2.63. The predicted molar refractivity (Wildman–Crippen MR) is 52.3 cm³/mol. The molecule has 1 aliphatic rings. The zero-order chi connectivity index (χ0) is 9.47. The van der Waals surface area contributed by atoms with Crippen LogP contribution in [0.4, 0.5) is 11.4 Å². The van der Waals surface area contributed by atoms with Crippen molar-refractivity contribution >= 4 is 21.2 Å². The van der Waals surface area contributed by atoms with Crippen molar-refractivity contribution in [3.8, 4) is 0 Å². The van der Waals surface area contributed by atoms with Gasteiger partial charge in [0, 0.05) is 6.26 Å². The number of hydrogen-bond acceptors (Lipinski definition) is 4. The van der Waals surface area contributed by atoms with E-state index in [1.54, 1.807) is 0 Å². The molecule has 5 heteroatoms. The molecular weight excluding hydrogens is 188 g/mol. The Morgan fingerprint density at radius 2 is 1.62 bits per heavy atom. The Labute approximate surface area is 76.9 Å². The summed E-state index contributed by atoms with van der Waals surface area (Å²) in [6, 6.07) is 7.40. The summed E-state index contributed by atoms with van der Waals surface area (Å²) in [7, 11) is -3.09. The van der Waals surface area contributed by atoms with Crippen LogP contribution in [0.1, 0.15) is 0 Å². The molecular formula is C8H10N2O2S. The molecule has 0 fully saturated rings. The van der Waals surface area contributed by atoms with Crippen LogP contribution in [0.2, 0.25) is 0 Å². The molecule has 0 aromatic heterocycles. The first-order valence-corrected chi connectivity index (χ1v) is 5.84. The number of fused-ring (bicyclic) bond motifs is 1. The van der Waals surface area contributed by atoms with Gasteiger partial charge in [0.25, 0.3) is 0 Å². The predicted octanol–water partition coefficient (Wildman–Crippen LogP) is 0.852. The first-order valence-electron chi connectivity index (χ1n) is 3.88. The molecule has 1 aliphatic heterocycles. The highest BCUT2D eigenvalue weighted by Crippen LogP contribution is 2.29. The van der Waals surface area contributed by atoms with Gasteiger partial charge in [-0.3, -0.25) is 0 Å². The molecule has 4 nitrogen and oxygen atoms in total. The smallest absolute Gasteiger partial charge is 0.202 e. The summed E-state index contributed by atoms with van der Waals surface area (Å²) in [5.41, 5.74) is 0.973. The van der Waals surface area contributed by atoms with Crippen LogP contribution >= 0.6 is 0 Å². The third kappa shape index (κ3) is 1.47. The highest BCUT2D eigenvalue weighted by Gasteiger charge is 2.26. The van der Waals surface area contributed by atoms with E-state index < -0.39 is 15.3 Å². The average Bonchev–Trinajstić information content (AvgIpc) is 2.45. The van der Waals surface area contributed by atoms with Crippen LogP contribution in [-0.2, 0) is 9.84 Å². The maximum absolute atomic E-state index is 11.2. The lowest BCUT2D eigenvalue weighted by Gasteiger charge is -2.08. The molecule has 0 saturated heterocycles. The van der Waals surface area contributed by atoms with E-state index in [4.69, 9.17) is 0 Å². The number of sulfone groups is 1. The maximum Gasteiger partial charge on any atom is 0.202 e. The largest absolute Gasteiger partial charge is 0.351 e. The van der Waals surface area contributed by atoms with Crippen LogP contribution in [0.3, 0.4) is 0 Å². The molecule has 13 heavy (non-hydrogen) atoms. The highest BCUT2D eigenvalue weighted by molar-refractivity contribution is 7.91. The third-order valence-electron chi connectivity index (χ3n) is 1.93. The number of hydrogen-bond donors (Lipinski definition) is 2. The van der Waals surface area contributed by atoms with Gasteiger partial charge in [-0.05, 0) is 12.1 Å². The minimum absolute atomic E-state index is 0.690. The van der Waals surface area contributed by atoms with Gasteiger partial charge in [-0.15, -0.1) is 0 Å². The Morgan fingerprint density at radius 1 is 1.15 bits per heavy atom. The van der Waals surface area contributed by atoms with Gasteiger partial charge in [-0.2, -0.15) is 0 Å². The second-order valence-electron chi connectivity index (χ2n) is 3.04. The Bertz CT molecular complexity index is 403. The van der Waals surface area contributed by atoms with Crippen LogP contribution in [0.15, 0.2) is 24.3 Å². The normalized spacial score (nSPS) is 16.1. The average molecular weight is 198 g/mol. The van der Waals surface area contributed by atoms with E-state index in [0.29, 0.717) is 0 Å². The van der Waals surface area contributed by atoms with Gasteiger partial charge in [-0.25, -0.2) is 8.42 Å². The van der Waals surface area contributed by atoms with Crippen LogP contribution in [0, 0.1) is 0 Å². The number of nitrogens with one attached hydrogen (secondary N) is 2. The van der Waals surface area contributed by atoms with Gasteiger partial charge < -0.3 is 10.6 Å². The summed E-state index contributed by atoms with van der Waals surface area (Å²) in [6.07, 6.45) is 1.20. The van der Waals surface area contributed by atoms with Crippen LogP contribution in [-0.4, -0.2) is 20.2 Å². The van der Waals surface area contributed by atoms with Crippen LogP contribution < -0.4 is 10.6 Å². The molecule has 0 atom stereocenters. The first kappa shape index (κ1) is 8.37. The van der Waals surface area contributed by atoms with Gasteiger partial charge in [0.2, 0.25) is 5.50 Å². The Morgan fingerprint density at radius 3 is 2.00 bits per heavy atom. The molecule has 0 amide bonds. The minimum atomic E-state index is -3.09. The molecule has 0 bridgehead atoms. The molecule has 0 saturated carbocycles. The lowest BCUT2D eigenvalue weighted by Crippen LogP contribution is -2.31. The summed E-state index contributed by atoms with van der Waals surface area (Å²) in [5, 5.41) is 5.75. The number of rotatable bonds is 1. The topological polar surface area (TPSA) is 58.2 Å². The van der Waals surface area contributed by atoms with E-state index in [0.717, 1.165) is 11.4 Å². The summed E-state index contributed by atoms with van der Waals surface area (Å²) >= 11 is 0. The molecule has 0 aliphatic carbocycles. The molecule has 2 rings (SSSR count). The van der Waals surface area contributed by atoms with Crippen molar-refractivity contribution in [1.29, 1.82) is 0 Å². The van der Waals surface area contributed by atoms with Crippen molar-refractivity contribution in [2.75, 3.05) is 16.9 Å². The molecule has 0 radical (unpaired) electrons. The fourth-order valence-corrected chi connectivity index (χ4v) is 1.95. The molecule has 1 heterocycles. The van der Waals surface area contributed by atoms with E-state index in [1.807, 2.05) is 24.3 Å². The second-order valence-corrected chi connectivity index (χ2v) is 5.17. The van der Waals surface area contributed by atoms with Gasteiger partial charge in [0.05, 0.1) is 11.4 Å². The molecule has 70 valence electrons. The van der Waals surface area contributed by atoms with E-state index in [2.05, 4.69) is 10.6 Å². The van der Waals surface area contributed by atoms with E-state index in [9.17, 15) is 8.42 Å². The molecule has 1 aromatic rings. The Balaban J connectivity index is 2.33. The SMILES string of the molecule is CS(=O)(=O)C1Nc2ccccc2N1.